The number of aromatic nitrogens is 2. The van der Waals surface area contributed by atoms with Crippen LogP contribution in [-0.2, 0) is 4.74 Å². The Kier molecular flexibility index (Phi) is 4.04. The van der Waals surface area contributed by atoms with Gasteiger partial charge in [0.15, 0.2) is 6.23 Å². The lowest BCUT2D eigenvalue weighted by atomic mass is 10.1. The maximum Gasteiger partial charge on any atom is 0.206 e. The van der Waals surface area contributed by atoms with Gasteiger partial charge in [-0.25, -0.2) is 4.98 Å². The van der Waals surface area contributed by atoms with Crippen molar-refractivity contribution in [2.45, 2.75) is 24.5 Å². The van der Waals surface area contributed by atoms with Gasteiger partial charge in [-0.15, -0.1) is 0 Å². The van der Waals surface area contributed by atoms with Gasteiger partial charge in [-0.2, -0.15) is 0 Å². The molecule has 6 nitrogen and oxygen atoms in total. The lowest BCUT2D eigenvalue weighted by Crippen LogP contribution is -2.33. The van der Waals surface area contributed by atoms with Gasteiger partial charge in [-0.1, -0.05) is 23.2 Å². The first-order valence-electron chi connectivity index (χ1n) is 6.09. The minimum atomic E-state index is -1.26. The highest BCUT2D eigenvalue weighted by atomic mass is 35.5. The molecule has 2 aromatic rings. The Balaban J connectivity index is 2.12. The van der Waals surface area contributed by atoms with E-state index in [2.05, 4.69) is 4.98 Å². The average molecular weight is 354 g/mol. The van der Waals surface area contributed by atoms with Gasteiger partial charge in [0.05, 0.1) is 27.7 Å². The van der Waals surface area contributed by atoms with Crippen LogP contribution in [0.2, 0.25) is 15.3 Å². The standard InChI is InChI=1S/C12H11Cl3N2O4/c13-4-1-6-7(2-5(4)14)17(12(15)16-6)11-10(20)9(19)8(3-18)21-11/h1-2,8-11,18-20H,3H2/t8-,9+,10+,11+/m1/s1. The van der Waals surface area contributed by atoms with Crippen LogP contribution in [0.25, 0.3) is 11.0 Å². The van der Waals surface area contributed by atoms with Crippen molar-refractivity contribution in [1.29, 1.82) is 0 Å². The van der Waals surface area contributed by atoms with Crippen molar-refractivity contribution in [1.82, 2.24) is 9.55 Å². The van der Waals surface area contributed by atoms with Crippen molar-refractivity contribution in [2.24, 2.45) is 0 Å². The molecule has 1 saturated heterocycles. The smallest absolute Gasteiger partial charge is 0.206 e. The number of halogens is 3. The summed E-state index contributed by atoms with van der Waals surface area (Å²) in [4.78, 5) is 4.12. The molecule has 0 saturated carbocycles. The van der Waals surface area contributed by atoms with E-state index < -0.39 is 31.1 Å². The number of fused-ring (bicyclic) bond motifs is 1. The van der Waals surface area contributed by atoms with Gasteiger partial charge in [0.1, 0.15) is 18.3 Å². The summed E-state index contributed by atoms with van der Waals surface area (Å²) in [7, 11) is 0. The number of imidazole rings is 1. The Labute approximate surface area is 134 Å². The zero-order valence-corrected chi connectivity index (χ0v) is 12.7. The first-order chi connectivity index (χ1) is 9.93. The Morgan fingerprint density at radius 3 is 2.43 bits per heavy atom. The average Bonchev–Trinajstić information content (AvgIpc) is 2.89. The maximum atomic E-state index is 10.1. The summed E-state index contributed by atoms with van der Waals surface area (Å²) in [6, 6.07) is 3.09. The molecule has 0 radical (unpaired) electrons. The SMILES string of the molecule is OC[C@H]1O[C@H](n2c(Cl)nc3cc(Cl)c(Cl)cc32)[C@@H](O)[C@H]1O. The van der Waals surface area contributed by atoms with E-state index in [1.165, 1.54) is 4.57 Å². The highest BCUT2D eigenvalue weighted by molar-refractivity contribution is 6.42. The number of nitrogens with zero attached hydrogens (tertiary/aromatic N) is 2. The van der Waals surface area contributed by atoms with Crippen LogP contribution in [0.3, 0.4) is 0 Å². The fourth-order valence-corrected chi connectivity index (χ4v) is 2.99. The van der Waals surface area contributed by atoms with Crippen LogP contribution in [0.1, 0.15) is 6.23 Å². The molecular weight excluding hydrogens is 343 g/mol. The number of hydrogen-bond donors (Lipinski definition) is 3. The van der Waals surface area contributed by atoms with Crippen molar-refractivity contribution < 1.29 is 20.1 Å². The van der Waals surface area contributed by atoms with Gasteiger partial charge in [0.25, 0.3) is 0 Å². The predicted octanol–water partition coefficient (Wildman–Crippen LogP) is 1.61. The summed E-state index contributed by atoms with van der Waals surface area (Å²) in [5.41, 5.74) is 0.983. The third-order valence-electron chi connectivity index (χ3n) is 3.46. The van der Waals surface area contributed by atoms with E-state index in [4.69, 9.17) is 44.6 Å². The number of hydrogen-bond acceptors (Lipinski definition) is 5. The molecule has 3 rings (SSSR count). The molecule has 21 heavy (non-hydrogen) atoms. The molecule has 1 aromatic carbocycles. The highest BCUT2D eigenvalue weighted by Crippen LogP contribution is 2.36. The number of ether oxygens (including phenoxy) is 1. The van der Waals surface area contributed by atoms with Crippen molar-refractivity contribution in [2.75, 3.05) is 6.61 Å². The molecule has 0 unspecified atom stereocenters. The molecule has 1 fully saturated rings. The maximum absolute atomic E-state index is 10.1. The van der Waals surface area contributed by atoms with E-state index in [1.54, 1.807) is 12.1 Å². The monoisotopic (exact) mass is 352 g/mol. The fraction of sp³-hybridized carbons (Fsp3) is 0.417. The quantitative estimate of drug-likeness (QED) is 0.763. The van der Waals surface area contributed by atoms with Gasteiger partial charge >= 0.3 is 0 Å². The second-order valence-corrected chi connectivity index (χ2v) is 5.89. The summed E-state index contributed by atoms with van der Waals surface area (Å²) in [5, 5.41) is 29.7. The van der Waals surface area contributed by atoms with Crippen LogP contribution in [-0.4, -0.2) is 49.8 Å². The van der Waals surface area contributed by atoms with Crippen LogP contribution >= 0.6 is 34.8 Å². The van der Waals surface area contributed by atoms with E-state index in [-0.39, 0.29) is 5.28 Å². The van der Waals surface area contributed by atoms with Crippen LogP contribution in [0.4, 0.5) is 0 Å². The Morgan fingerprint density at radius 1 is 1.14 bits per heavy atom. The molecule has 0 spiro atoms. The molecule has 1 aliphatic heterocycles. The summed E-state index contributed by atoms with van der Waals surface area (Å²) in [5.74, 6) is 0. The molecule has 4 atom stereocenters. The molecule has 0 amide bonds. The zero-order valence-electron chi connectivity index (χ0n) is 10.4. The summed E-state index contributed by atoms with van der Waals surface area (Å²) in [6.45, 7) is -0.425. The topological polar surface area (TPSA) is 87.7 Å². The zero-order chi connectivity index (χ0) is 15.3. The molecule has 3 N–H and O–H groups in total. The minimum absolute atomic E-state index is 0.0539. The van der Waals surface area contributed by atoms with E-state index in [0.29, 0.717) is 21.1 Å². The molecule has 1 aliphatic rings. The first kappa shape index (κ1) is 15.3. The molecule has 9 heteroatoms. The normalized spacial score (nSPS) is 29.4. The Bertz CT molecular complexity index is 693. The molecule has 0 aliphatic carbocycles. The van der Waals surface area contributed by atoms with E-state index >= 15 is 0 Å². The van der Waals surface area contributed by atoms with Crippen molar-refractivity contribution in [3.63, 3.8) is 0 Å². The molecule has 2 heterocycles. The van der Waals surface area contributed by atoms with Crippen molar-refractivity contribution in [3.8, 4) is 0 Å². The number of aliphatic hydroxyl groups is 3. The van der Waals surface area contributed by atoms with Crippen LogP contribution in [0.5, 0.6) is 0 Å². The lowest BCUT2D eigenvalue weighted by Gasteiger charge is -2.18. The van der Waals surface area contributed by atoms with Crippen LogP contribution in [0.15, 0.2) is 12.1 Å². The van der Waals surface area contributed by atoms with Gasteiger partial charge in [0, 0.05) is 0 Å². The molecule has 1 aromatic heterocycles. The number of benzene rings is 1. The van der Waals surface area contributed by atoms with Gasteiger partial charge in [-0.3, -0.25) is 4.57 Å². The Morgan fingerprint density at radius 2 is 1.81 bits per heavy atom. The highest BCUT2D eigenvalue weighted by Gasteiger charge is 2.44. The summed E-state index contributed by atoms with van der Waals surface area (Å²) in [6.07, 6.45) is -4.36. The summed E-state index contributed by atoms with van der Waals surface area (Å²) < 4.78 is 6.86. The Hall–Kier alpha value is -0.600. The van der Waals surface area contributed by atoms with Crippen LogP contribution < -0.4 is 0 Å². The fourth-order valence-electron chi connectivity index (χ4n) is 2.40. The van der Waals surface area contributed by atoms with Crippen molar-refractivity contribution in [3.05, 3.63) is 27.5 Å². The third-order valence-corrected chi connectivity index (χ3v) is 4.45. The molecular formula is C12H11Cl3N2O4. The third kappa shape index (κ3) is 2.41. The molecule has 114 valence electrons. The van der Waals surface area contributed by atoms with Gasteiger partial charge in [-0.05, 0) is 23.7 Å². The van der Waals surface area contributed by atoms with E-state index in [9.17, 15) is 10.2 Å². The van der Waals surface area contributed by atoms with E-state index in [1.807, 2.05) is 0 Å². The van der Waals surface area contributed by atoms with Gasteiger partial charge < -0.3 is 20.1 Å². The van der Waals surface area contributed by atoms with E-state index in [0.717, 1.165) is 0 Å². The predicted molar refractivity (Wildman–Crippen MR) is 77.8 cm³/mol. The lowest BCUT2D eigenvalue weighted by molar-refractivity contribution is -0.0507. The van der Waals surface area contributed by atoms with Crippen LogP contribution in [0, 0.1) is 0 Å². The van der Waals surface area contributed by atoms with Crippen molar-refractivity contribution >= 4 is 45.8 Å². The minimum Gasteiger partial charge on any atom is -0.394 e. The summed E-state index contributed by atoms with van der Waals surface area (Å²) >= 11 is 18.0. The largest absolute Gasteiger partial charge is 0.394 e. The van der Waals surface area contributed by atoms with Gasteiger partial charge in [0.2, 0.25) is 5.28 Å². The molecule has 0 bridgehead atoms. The number of aliphatic hydroxyl groups excluding tert-OH is 3. The first-order valence-corrected chi connectivity index (χ1v) is 7.22. The second kappa shape index (κ2) is 5.55. The number of rotatable bonds is 2. The second-order valence-electron chi connectivity index (χ2n) is 4.73.